The Morgan fingerprint density at radius 1 is 0.429 bits per heavy atom. The lowest BCUT2D eigenvalue weighted by Gasteiger charge is -2.20. The highest BCUT2D eigenvalue weighted by molar-refractivity contribution is 6.20. The highest BCUT2D eigenvalue weighted by Crippen LogP contribution is 2.48. The van der Waals surface area contributed by atoms with Gasteiger partial charge in [0.2, 0.25) is 0 Å². The minimum atomic E-state index is -0.0464. The van der Waals surface area contributed by atoms with Crippen LogP contribution in [-0.4, -0.2) is 9.13 Å². The zero-order valence-electron chi connectivity index (χ0n) is 38.9. The van der Waals surface area contributed by atoms with Crippen molar-refractivity contribution < 1.29 is 4.42 Å². The topological polar surface area (TPSA) is 46.8 Å². The van der Waals surface area contributed by atoms with Gasteiger partial charge in [-0.05, 0) is 104 Å². The second-order valence-electron chi connectivity index (χ2n) is 21.9. The predicted octanol–water partition coefficient (Wildman–Crippen LogP) is 16.5. The second kappa shape index (κ2) is 13.7. The van der Waals surface area contributed by atoms with Crippen molar-refractivity contribution in [2.24, 2.45) is 0 Å². The molecule has 10 rings (SSSR count). The number of hydrogen-bond acceptors (Lipinski definition) is 2. The summed E-state index contributed by atoms with van der Waals surface area (Å²) in [6.45, 7) is 27.3. The van der Waals surface area contributed by atoms with Gasteiger partial charge in [0.25, 0.3) is 0 Å². The fourth-order valence-corrected chi connectivity index (χ4v) is 9.68. The van der Waals surface area contributed by atoms with E-state index in [4.69, 9.17) is 4.42 Å². The van der Waals surface area contributed by atoms with Crippen molar-refractivity contribution in [3.63, 3.8) is 0 Å². The molecule has 7 aromatic carbocycles. The van der Waals surface area contributed by atoms with Crippen LogP contribution >= 0.6 is 0 Å². The number of fused-ring (bicyclic) bond motifs is 9. The van der Waals surface area contributed by atoms with Crippen molar-refractivity contribution in [3.05, 3.63) is 155 Å². The summed E-state index contributed by atoms with van der Waals surface area (Å²) in [5, 5.41) is 18.2. The normalized spacial score (nSPS) is 13.1. The summed E-state index contributed by atoms with van der Waals surface area (Å²) in [7, 11) is 0. The number of rotatable bonds is 3. The molecule has 0 aliphatic heterocycles. The van der Waals surface area contributed by atoms with E-state index < -0.39 is 0 Å². The van der Waals surface area contributed by atoms with Gasteiger partial charge < -0.3 is 13.6 Å². The van der Waals surface area contributed by atoms with Crippen LogP contribution in [0.2, 0.25) is 0 Å². The molecule has 0 aliphatic carbocycles. The van der Waals surface area contributed by atoms with Crippen molar-refractivity contribution in [2.75, 3.05) is 0 Å². The maximum atomic E-state index is 11.6. The van der Waals surface area contributed by atoms with E-state index in [9.17, 15) is 5.26 Å². The zero-order chi connectivity index (χ0) is 44.5. The highest BCUT2D eigenvalue weighted by Gasteiger charge is 2.29. The number of nitrogens with zero attached hydrogens (tertiary/aromatic N) is 3. The van der Waals surface area contributed by atoms with E-state index in [2.05, 4.69) is 226 Å². The van der Waals surface area contributed by atoms with Gasteiger partial charge in [-0.1, -0.05) is 156 Å². The van der Waals surface area contributed by atoms with Gasteiger partial charge in [-0.15, -0.1) is 0 Å². The van der Waals surface area contributed by atoms with Crippen molar-refractivity contribution in [1.29, 1.82) is 5.26 Å². The van der Waals surface area contributed by atoms with Crippen LogP contribution < -0.4 is 0 Å². The number of aromatic nitrogens is 2. The minimum Gasteiger partial charge on any atom is -0.453 e. The molecule has 0 atom stereocenters. The van der Waals surface area contributed by atoms with Gasteiger partial charge in [0.1, 0.15) is 11.7 Å². The third-order valence-electron chi connectivity index (χ3n) is 13.4. The maximum absolute atomic E-state index is 11.6. The molecule has 0 spiro atoms. The fraction of sp³-hybridized carbons (Fsp3) is 0.271. The van der Waals surface area contributed by atoms with E-state index in [1.807, 2.05) is 0 Å². The molecule has 10 aromatic rings. The fourth-order valence-electron chi connectivity index (χ4n) is 9.68. The summed E-state index contributed by atoms with van der Waals surface area (Å²) in [4.78, 5) is 0. The Morgan fingerprint density at radius 3 is 1.27 bits per heavy atom. The SMILES string of the molecule is CC(C)(C)c1ccc2c(c1)c1cc(C(C)(C)C)ccc1n2-c1cc(C#N)c(-n2c3ccc(C(C)(C)C)cc3c3cc(C(C)(C)C)ccc32)c2c1oc1c(-c3ccccc3)cccc12. The summed E-state index contributed by atoms with van der Waals surface area (Å²) >= 11 is 0. The molecule has 63 heavy (non-hydrogen) atoms. The molecule has 314 valence electrons. The smallest absolute Gasteiger partial charge is 0.161 e. The van der Waals surface area contributed by atoms with Crippen LogP contribution in [0.3, 0.4) is 0 Å². The maximum Gasteiger partial charge on any atom is 0.161 e. The molecule has 0 unspecified atom stereocenters. The van der Waals surface area contributed by atoms with Crippen LogP contribution in [0, 0.1) is 11.3 Å². The Kier molecular flexibility index (Phi) is 8.82. The Bertz CT molecular complexity index is 3390. The van der Waals surface area contributed by atoms with E-state index in [0.29, 0.717) is 5.56 Å². The lowest BCUT2D eigenvalue weighted by atomic mass is 9.85. The van der Waals surface area contributed by atoms with Gasteiger partial charge in [0.05, 0.1) is 44.4 Å². The van der Waals surface area contributed by atoms with Crippen molar-refractivity contribution in [3.8, 4) is 28.6 Å². The van der Waals surface area contributed by atoms with Crippen molar-refractivity contribution in [2.45, 2.75) is 105 Å². The third-order valence-corrected chi connectivity index (χ3v) is 13.4. The third kappa shape index (κ3) is 6.38. The van der Waals surface area contributed by atoms with Crippen molar-refractivity contribution >= 4 is 65.6 Å². The van der Waals surface area contributed by atoms with Crippen LogP contribution in [0.4, 0.5) is 0 Å². The Labute approximate surface area is 371 Å². The molecule has 4 heteroatoms. The number of furan rings is 1. The minimum absolute atomic E-state index is 0.0384. The van der Waals surface area contributed by atoms with Crippen LogP contribution in [0.15, 0.2) is 132 Å². The molecule has 0 fully saturated rings. The molecule has 0 saturated heterocycles. The standard InChI is InChI=1S/C59H57N3O/c1-56(2,3)37-21-25-47-43(30-37)44-31-38(57(4,5)6)22-26-48(44)61(47)51-29-36(34-60)53(52-42-20-16-19-41(54(42)63-55(51)52)35-17-14-13-15-18-35)62-49-27-23-39(58(7,8)9)32-45(49)46-33-40(59(10,11)12)24-28-50(46)62/h13-33H,1-12H3. The van der Waals surface area contributed by atoms with E-state index in [-0.39, 0.29) is 21.7 Å². The van der Waals surface area contributed by atoms with Gasteiger partial charge in [0.15, 0.2) is 5.58 Å². The zero-order valence-corrected chi connectivity index (χ0v) is 38.9. The summed E-state index contributed by atoms with van der Waals surface area (Å²) in [5.74, 6) is 0. The summed E-state index contributed by atoms with van der Waals surface area (Å²) in [5.41, 5.74) is 15.1. The number of para-hydroxylation sites is 1. The average molecular weight is 824 g/mol. The van der Waals surface area contributed by atoms with Gasteiger partial charge >= 0.3 is 0 Å². The van der Waals surface area contributed by atoms with Gasteiger partial charge in [0, 0.05) is 32.5 Å². The number of benzene rings is 7. The van der Waals surface area contributed by atoms with E-state index in [0.717, 1.165) is 66.5 Å². The van der Waals surface area contributed by atoms with Crippen LogP contribution in [-0.2, 0) is 21.7 Å². The molecule has 4 nitrogen and oxygen atoms in total. The van der Waals surface area contributed by atoms with Gasteiger partial charge in [-0.3, -0.25) is 0 Å². The molecule has 0 radical (unpaired) electrons. The Balaban J connectivity index is 1.40. The molecule has 0 saturated carbocycles. The molecule has 0 amide bonds. The first-order chi connectivity index (χ1) is 29.7. The molecule has 3 heterocycles. The molecule has 3 aromatic heterocycles. The van der Waals surface area contributed by atoms with Crippen LogP contribution in [0.25, 0.3) is 88.1 Å². The number of hydrogen-bond donors (Lipinski definition) is 0. The monoisotopic (exact) mass is 823 g/mol. The molecule has 0 aliphatic rings. The highest BCUT2D eigenvalue weighted by atomic mass is 16.3. The quantitative estimate of drug-likeness (QED) is 0.178. The molecule has 0 bridgehead atoms. The molecular formula is C59H57N3O. The first-order valence-corrected chi connectivity index (χ1v) is 22.4. The van der Waals surface area contributed by atoms with Crippen molar-refractivity contribution in [1.82, 2.24) is 9.13 Å². The van der Waals surface area contributed by atoms with E-state index >= 15 is 0 Å². The van der Waals surface area contributed by atoms with E-state index in [1.165, 1.54) is 43.8 Å². The second-order valence-corrected chi connectivity index (χ2v) is 21.9. The molecule has 0 N–H and O–H groups in total. The van der Waals surface area contributed by atoms with Gasteiger partial charge in [-0.25, -0.2) is 0 Å². The molecular weight excluding hydrogens is 767 g/mol. The summed E-state index contributed by atoms with van der Waals surface area (Å²) < 4.78 is 12.1. The summed E-state index contributed by atoms with van der Waals surface area (Å²) in [6, 6.07) is 49.4. The Morgan fingerprint density at radius 2 is 0.857 bits per heavy atom. The van der Waals surface area contributed by atoms with Gasteiger partial charge in [-0.2, -0.15) is 5.26 Å². The number of nitriles is 1. The Hall–Kier alpha value is -6.57. The van der Waals surface area contributed by atoms with Crippen LogP contribution in [0.1, 0.15) is 111 Å². The first kappa shape index (κ1) is 40.5. The summed E-state index contributed by atoms with van der Waals surface area (Å²) in [6.07, 6.45) is 0. The predicted molar refractivity (Wildman–Crippen MR) is 267 cm³/mol. The first-order valence-electron chi connectivity index (χ1n) is 22.4. The van der Waals surface area contributed by atoms with E-state index in [1.54, 1.807) is 0 Å². The largest absolute Gasteiger partial charge is 0.453 e. The van der Waals surface area contributed by atoms with Crippen LogP contribution in [0.5, 0.6) is 0 Å². The lowest BCUT2D eigenvalue weighted by molar-refractivity contribution is 0.590. The average Bonchev–Trinajstić information content (AvgIpc) is 3.89. The lowest BCUT2D eigenvalue weighted by Crippen LogP contribution is -2.10.